The minimum absolute atomic E-state index is 0.791. The molecule has 0 unspecified atom stereocenters. The maximum atomic E-state index is 5.57. The van der Waals surface area contributed by atoms with E-state index in [9.17, 15) is 0 Å². The molecule has 0 aliphatic rings. The smallest absolute Gasteiger partial charge is 0.122 e. The molecule has 0 aliphatic carbocycles. The predicted octanol–water partition coefficient (Wildman–Crippen LogP) is 1.75. The Morgan fingerprint density at radius 2 is 2.26 bits per heavy atom. The van der Waals surface area contributed by atoms with Gasteiger partial charge in [-0.2, -0.15) is 0 Å². The van der Waals surface area contributed by atoms with Crippen molar-refractivity contribution in [1.82, 2.24) is 19.8 Å². The Labute approximate surface area is 114 Å². The minimum atomic E-state index is 0.791. The molecule has 19 heavy (non-hydrogen) atoms. The van der Waals surface area contributed by atoms with Gasteiger partial charge in [0.1, 0.15) is 11.6 Å². The Balaban J connectivity index is 1.86. The first-order valence-electron chi connectivity index (χ1n) is 6.60. The molecule has 0 aliphatic heterocycles. The topological polar surface area (TPSA) is 46.2 Å². The summed E-state index contributed by atoms with van der Waals surface area (Å²) in [6, 6.07) is 2.11. The molecule has 2 aromatic rings. The summed E-state index contributed by atoms with van der Waals surface area (Å²) in [6.07, 6.45) is 5.61. The first-order chi connectivity index (χ1) is 9.19. The Morgan fingerprint density at radius 1 is 1.42 bits per heavy atom. The first-order valence-corrected chi connectivity index (χ1v) is 6.60. The number of aryl methyl sites for hydroxylation is 1. The third-order valence-electron chi connectivity index (χ3n) is 3.05. The molecule has 104 valence electrons. The largest absolute Gasteiger partial charge is 0.468 e. The molecule has 0 atom stereocenters. The Hall–Kier alpha value is -1.59. The van der Waals surface area contributed by atoms with Gasteiger partial charge in [0.2, 0.25) is 0 Å². The molecule has 2 heterocycles. The van der Waals surface area contributed by atoms with Crippen molar-refractivity contribution in [2.24, 2.45) is 7.05 Å². The second-order valence-corrected chi connectivity index (χ2v) is 4.83. The average molecular weight is 262 g/mol. The SMILES string of the molecule is CCNCc1coc(CN(C)Cc2nccn2C)c1. The maximum Gasteiger partial charge on any atom is 0.122 e. The van der Waals surface area contributed by atoms with E-state index in [-0.39, 0.29) is 0 Å². The van der Waals surface area contributed by atoms with Gasteiger partial charge in [-0.05, 0) is 19.7 Å². The van der Waals surface area contributed by atoms with Crippen LogP contribution in [0.15, 0.2) is 29.1 Å². The van der Waals surface area contributed by atoms with Gasteiger partial charge in [0.05, 0.1) is 19.4 Å². The van der Waals surface area contributed by atoms with Crippen LogP contribution in [-0.2, 0) is 26.7 Å². The summed E-state index contributed by atoms with van der Waals surface area (Å²) in [4.78, 5) is 6.52. The zero-order valence-electron chi connectivity index (χ0n) is 11.9. The summed E-state index contributed by atoms with van der Waals surface area (Å²) < 4.78 is 7.61. The molecule has 5 heteroatoms. The summed E-state index contributed by atoms with van der Waals surface area (Å²) >= 11 is 0. The van der Waals surface area contributed by atoms with Gasteiger partial charge in [0.25, 0.3) is 0 Å². The van der Waals surface area contributed by atoms with Crippen LogP contribution >= 0.6 is 0 Å². The molecule has 2 rings (SSSR count). The normalized spacial score (nSPS) is 11.4. The van der Waals surface area contributed by atoms with Crippen LogP contribution in [0.3, 0.4) is 0 Å². The van der Waals surface area contributed by atoms with Gasteiger partial charge in [0.15, 0.2) is 0 Å². The molecule has 5 nitrogen and oxygen atoms in total. The van der Waals surface area contributed by atoms with Crippen LogP contribution in [0.4, 0.5) is 0 Å². The van der Waals surface area contributed by atoms with Gasteiger partial charge in [-0.15, -0.1) is 0 Å². The van der Waals surface area contributed by atoms with E-state index in [0.29, 0.717) is 0 Å². The number of rotatable bonds is 7. The van der Waals surface area contributed by atoms with E-state index < -0.39 is 0 Å². The fraction of sp³-hybridized carbons (Fsp3) is 0.500. The van der Waals surface area contributed by atoms with Crippen LogP contribution in [0.2, 0.25) is 0 Å². The van der Waals surface area contributed by atoms with E-state index >= 15 is 0 Å². The molecule has 0 saturated carbocycles. The van der Waals surface area contributed by atoms with Gasteiger partial charge >= 0.3 is 0 Å². The number of hydrogen-bond acceptors (Lipinski definition) is 4. The van der Waals surface area contributed by atoms with Crippen molar-refractivity contribution < 1.29 is 4.42 Å². The number of nitrogens with zero attached hydrogens (tertiary/aromatic N) is 3. The highest BCUT2D eigenvalue weighted by molar-refractivity contribution is 5.12. The Morgan fingerprint density at radius 3 is 2.95 bits per heavy atom. The monoisotopic (exact) mass is 262 g/mol. The molecule has 0 radical (unpaired) electrons. The van der Waals surface area contributed by atoms with Crippen molar-refractivity contribution in [3.8, 4) is 0 Å². The summed E-state index contributed by atoms with van der Waals surface area (Å²) in [5.74, 6) is 2.05. The Kier molecular flexibility index (Phi) is 4.76. The molecule has 0 saturated heterocycles. The lowest BCUT2D eigenvalue weighted by molar-refractivity contribution is 0.278. The summed E-state index contributed by atoms with van der Waals surface area (Å²) in [6.45, 7) is 5.54. The highest BCUT2D eigenvalue weighted by Crippen LogP contribution is 2.11. The number of furan rings is 1. The lowest BCUT2D eigenvalue weighted by Crippen LogP contribution is -2.19. The summed E-state index contributed by atoms with van der Waals surface area (Å²) in [5, 5.41) is 3.29. The van der Waals surface area contributed by atoms with Crippen molar-refractivity contribution in [2.75, 3.05) is 13.6 Å². The van der Waals surface area contributed by atoms with Crippen molar-refractivity contribution in [1.29, 1.82) is 0 Å². The van der Waals surface area contributed by atoms with Gasteiger partial charge in [-0.25, -0.2) is 4.98 Å². The molecule has 0 fully saturated rings. The lowest BCUT2D eigenvalue weighted by atomic mass is 10.3. The fourth-order valence-corrected chi connectivity index (χ4v) is 1.98. The average Bonchev–Trinajstić information content (AvgIpc) is 2.97. The maximum absolute atomic E-state index is 5.57. The summed E-state index contributed by atoms with van der Waals surface area (Å²) in [7, 11) is 4.08. The molecular weight excluding hydrogens is 240 g/mol. The zero-order chi connectivity index (χ0) is 13.7. The van der Waals surface area contributed by atoms with Crippen LogP contribution in [0.25, 0.3) is 0 Å². The van der Waals surface area contributed by atoms with Gasteiger partial charge in [-0.3, -0.25) is 4.90 Å². The number of nitrogens with one attached hydrogen (secondary N) is 1. The Bertz CT molecular complexity index is 503. The highest BCUT2D eigenvalue weighted by atomic mass is 16.3. The summed E-state index contributed by atoms with van der Waals surface area (Å²) in [5.41, 5.74) is 1.20. The van der Waals surface area contributed by atoms with Crippen molar-refractivity contribution >= 4 is 0 Å². The first kappa shape index (κ1) is 13.8. The van der Waals surface area contributed by atoms with Crippen LogP contribution in [0.1, 0.15) is 24.1 Å². The van der Waals surface area contributed by atoms with E-state index in [4.69, 9.17) is 4.42 Å². The molecule has 0 spiro atoms. The molecule has 2 aromatic heterocycles. The predicted molar refractivity (Wildman–Crippen MR) is 74.5 cm³/mol. The van der Waals surface area contributed by atoms with E-state index in [0.717, 1.165) is 37.8 Å². The fourth-order valence-electron chi connectivity index (χ4n) is 1.98. The molecular formula is C14H22N4O. The number of hydrogen-bond donors (Lipinski definition) is 1. The van der Waals surface area contributed by atoms with Crippen LogP contribution in [-0.4, -0.2) is 28.0 Å². The van der Waals surface area contributed by atoms with Gasteiger partial charge < -0.3 is 14.3 Å². The third-order valence-corrected chi connectivity index (χ3v) is 3.05. The van der Waals surface area contributed by atoms with Crippen molar-refractivity contribution in [3.05, 3.63) is 41.9 Å². The zero-order valence-corrected chi connectivity index (χ0v) is 11.9. The van der Waals surface area contributed by atoms with Gasteiger partial charge in [-0.1, -0.05) is 6.92 Å². The van der Waals surface area contributed by atoms with E-state index in [1.54, 1.807) is 0 Å². The second-order valence-electron chi connectivity index (χ2n) is 4.83. The molecule has 0 aromatic carbocycles. The third kappa shape index (κ3) is 3.94. The van der Waals surface area contributed by atoms with Crippen molar-refractivity contribution in [2.45, 2.75) is 26.6 Å². The minimum Gasteiger partial charge on any atom is -0.468 e. The second kappa shape index (κ2) is 6.54. The standard InChI is InChI=1S/C14H22N4O/c1-4-15-8-12-7-13(19-11-12)9-17(2)10-14-16-5-6-18(14)3/h5-7,11,15H,4,8-10H2,1-3H3. The quantitative estimate of drug-likeness (QED) is 0.826. The molecule has 0 bridgehead atoms. The molecule has 0 amide bonds. The highest BCUT2D eigenvalue weighted by Gasteiger charge is 2.08. The van der Waals surface area contributed by atoms with E-state index in [2.05, 4.69) is 35.2 Å². The lowest BCUT2D eigenvalue weighted by Gasteiger charge is -2.14. The van der Waals surface area contributed by atoms with E-state index in [1.807, 2.05) is 30.3 Å². The number of aromatic nitrogens is 2. The van der Waals surface area contributed by atoms with Gasteiger partial charge in [0, 0.05) is 31.5 Å². The number of imidazole rings is 1. The van der Waals surface area contributed by atoms with Crippen molar-refractivity contribution in [3.63, 3.8) is 0 Å². The van der Waals surface area contributed by atoms with E-state index in [1.165, 1.54) is 5.56 Å². The van der Waals surface area contributed by atoms with Crippen LogP contribution < -0.4 is 5.32 Å². The molecule has 1 N–H and O–H groups in total. The van der Waals surface area contributed by atoms with Crippen LogP contribution in [0.5, 0.6) is 0 Å². The van der Waals surface area contributed by atoms with Crippen LogP contribution in [0, 0.1) is 0 Å².